The lowest BCUT2D eigenvalue weighted by molar-refractivity contribution is -0.137. The molecule has 1 atom stereocenters. The van der Waals surface area contributed by atoms with E-state index in [4.69, 9.17) is 10.8 Å². The topological polar surface area (TPSA) is 92.0 Å². The van der Waals surface area contributed by atoms with E-state index in [-0.39, 0.29) is 6.42 Å². The largest absolute Gasteiger partial charge is 0.481 e. The molecule has 0 aliphatic carbocycles. The first-order chi connectivity index (χ1) is 6.54. The fourth-order valence-electron chi connectivity index (χ4n) is 1.35. The van der Waals surface area contributed by atoms with Crippen LogP contribution in [0.2, 0.25) is 0 Å². The molecule has 0 amide bonds. The van der Waals surface area contributed by atoms with Gasteiger partial charge in [0.05, 0.1) is 18.2 Å². The summed E-state index contributed by atoms with van der Waals surface area (Å²) in [5.41, 5.74) is 7.22. The van der Waals surface area contributed by atoms with Gasteiger partial charge in [-0.1, -0.05) is 6.92 Å². The Morgan fingerprint density at radius 1 is 1.71 bits per heavy atom. The molecule has 1 heterocycles. The maximum Gasteiger partial charge on any atom is 0.305 e. The molecule has 5 nitrogen and oxygen atoms in total. The van der Waals surface area contributed by atoms with Gasteiger partial charge < -0.3 is 15.8 Å². The Kier molecular flexibility index (Phi) is 3.24. The number of carbonyl (C=O) groups is 1. The molecular formula is C9H15N3O2. The molecule has 0 saturated heterocycles. The number of hydrogen-bond donors (Lipinski definition) is 3. The summed E-state index contributed by atoms with van der Waals surface area (Å²) in [5.74, 6) is -0.0590. The molecule has 0 radical (unpaired) electrons. The summed E-state index contributed by atoms with van der Waals surface area (Å²) in [7, 11) is 0. The van der Waals surface area contributed by atoms with Gasteiger partial charge in [0.2, 0.25) is 0 Å². The van der Waals surface area contributed by atoms with Crippen LogP contribution in [0, 0.1) is 6.92 Å². The summed E-state index contributed by atoms with van der Waals surface area (Å²) >= 11 is 0. The quantitative estimate of drug-likeness (QED) is 0.664. The van der Waals surface area contributed by atoms with Gasteiger partial charge in [-0.15, -0.1) is 0 Å². The molecule has 14 heavy (non-hydrogen) atoms. The molecule has 78 valence electrons. The second kappa shape index (κ2) is 4.23. The summed E-state index contributed by atoms with van der Waals surface area (Å²) in [5, 5.41) is 8.58. The molecule has 4 N–H and O–H groups in total. The molecule has 1 aromatic rings. The number of aliphatic carboxylic acids is 1. The van der Waals surface area contributed by atoms with Crippen molar-refractivity contribution < 1.29 is 9.90 Å². The molecule has 1 aromatic heterocycles. The predicted molar refractivity (Wildman–Crippen MR) is 51.9 cm³/mol. The first-order valence-electron chi connectivity index (χ1n) is 4.57. The first-order valence-corrected chi connectivity index (χ1v) is 4.57. The van der Waals surface area contributed by atoms with Crippen molar-refractivity contribution >= 4 is 5.97 Å². The molecule has 5 heteroatoms. The smallest absolute Gasteiger partial charge is 0.305 e. The Balaban J connectivity index is 2.83. The summed E-state index contributed by atoms with van der Waals surface area (Å²) in [6.07, 6.45) is 0.704. The van der Waals surface area contributed by atoms with Crippen molar-refractivity contribution in [1.82, 2.24) is 9.97 Å². The number of rotatable bonds is 4. The predicted octanol–water partition coefficient (Wildman–Crippen LogP) is 0.755. The minimum absolute atomic E-state index is 0.0884. The van der Waals surface area contributed by atoms with E-state index in [1.807, 2.05) is 13.8 Å². The number of nitrogens with two attached hydrogens (primary N) is 1. The highest BCUT2D eigenvalue weighted by molar-refractivity contribution is 5.67. The highest BCUT2D eigenvalue weighted by atomic mass is 16.4. The molecule has 1 rings (SSSR count). The number of H-pyrrole nitrogens is 1. The number of aromatic amines is 1. The van der Waals surface area contributed by atoms with Gasteiger partial charge in [-0.25, -0.2) is 4.98 Å². The van der Waals surface area contributed by atoms with Gasteiger partial charge >= 0.3 is 5.97 Å². The lowest BCUT2D eigenvalue weighted by Crippen LogP contribution is -2.16. The average Bonchev–Trinajstić information content (AvgIpc) is 2.45. The maximum absolute atomic E-state index is 10.5. The minimum Gasteiger partial charge on any atom is -0.481 e. The van der Waals surface area contributed by atoms with Crippen LogP contribution in [-0.4, -0.2) is 21.0 Å². The fraction of sp³-hybridized carbons (Fsp3) is 0.556. The zero-order valence-electron chi connectivity index (χ0n) is 8.37. The van der Waals surface area contributed by atoms with Crippen molar-refractivity contribution in [2.24, 2.45) is 5.73 Å². The monoisotopic (exact) mass is 197 g/mol. The van der Waals surface area contributed by atoms with Crippen molar-refractivity contribution in [2.45, 2.75) is 32.7 Å². The summed E-state index contributed by atoms with van der Waals surface area (Å²) in [6, 6.07) is -0.524. The summed E-state index contributed by atoms with van der Waals surface area (Å²) in [6.45, 7) is 3.83. The van der Waals surface area contributed by atoms with Crippen LogP contribution >= 0.6 is 0 Å². The van der Waals surface area contributed by atoms with E-state index in [1.165, 1.54) is 0 Å². The van der Waals surface area contributed by atoms with Crippen LogP contribution in [0.5, 0.6) is 0 Å². The van der Waals surface area contributed by atoms with Crippen LogP contribution in [0.3, 0.4) is 0 Å². The maximum atomic E-state index is 10.5. The van der Waals surface area contributed by atoms with Crippen molar-refractivity contribution in [3.05, 3.63) is 17.2 Å². The first kappa shape index (κ1) is 10.7. The minimum atomic E-state index is -0.905. The highest BCUT2D eigenvalue weighted by Gasteiger charge is 2.16. The molecule has 1 unspecified atom stereocenters. The van der Waals surface area contributed by atoms with Crippen LogP contribution in [-0.2, 0) is 11.2 Å². The van der Waals surface area contributed by atoms with Crippen molar-refractivity contribution in [3.8, 4) is 0 Å². The molecule has 0 aromatic carbocycles. The van der Waals surface area contributed by atoms with E-state index in [2.05, 4.69) is 9.97 Å². The summed E-state index contributed by atoms with van der Waals surface area (Å²) in [4.78, 5) is 17.8. The van der Waals surface area contributed by atoms with Crippen molar-refractivity contribution in [2.75, 3.05) is 0 Å². The molecule has 0 spiro atoms. The Hall–Kier alpha value is -1.36. The van der Waals surface area contributed by atoms with E-state index in [0.717, 1.165) is 17.9 Å². The van der Waals surface area contributed by atoms with Gasteiger partial charge in [-0.05, 0) is 6.92 Å². The molecular weight excluding hydrogens is 182 g/mol. The van der Waals surface area contributed by atoms with Gasteiger partial charge in [0.25, 0.3) is 0 Å². The van der Waals surface area contributed by atoms with E-state index in [0.29, 0.717) is 5.69 Å². The number of carboxylic acid groups (broad SMARTS) is 1. The normalized spacial score (nSPS) is 12.8. The third-order valence-corrected chi connectivity index (χ3v) is 2.05. The van der Waals surface area contributed by atoms with E-state index in [9.17, 15) is 4.79 Å². The van der Waals surface area contributed by atoms with Crippen LogP contribution in [0.1, 0.15) is 36.6 Å². The fourth-order valence-corrected chi connectivity index (χ4v) is 1.35. The Morgan fingerprint density at radius 2 is 2.36 bits per heavy atom. The molecule has 0 saturated carbocycles. The lowest BCUT2D eigenvalue weighted by Gasteiger charge is -2.05. The third-order valence-electron chi connectivity index (χ3n) is 2.05. The second-order valence-corrected chi connectivity index (χ2v) is 3.25. The molecule has 0 aliphatic rings. The van der Waals surface area contributed by atoms with Crippen LogP contribution in [0.25, 0.3) is 0 Å². The number of hydrogen-bond acceptors (Lipinski definition) is 3. The number of nitrogens with zero attached hydrogens (tertiary/aromatic N) is 1. The third kappa shape index (κ3) is 2.32. The standard InChI is InChI=1S/C9H15N3O2/c1-3-7-11-5(2)9(12-7)6(10)4-8(13)14/h6H,3-4,10H2,1-2H3,(H,11,12)(H,13,14). The Morgan fingerprint density at radius 3 is 2.79 bits per heavy atom. The number of aryl methyl sites for hydroxylation is 2. The van der Waals surface area contributed by atoms with Gasteiger partial charge in [0.1, 0.15) is 5.82 Å². The SMILES string of the molecule is CCc1nc(C(N)CC(=O)O)c(C)[nH]1. The zero-order valence-corrected chi connectivity index (χ0v) is 8.37. The summed E-state index contributed by atoms with van der Waals surface area (Å²) < 4.78 is 0. The Bertz CT molecular complexity index is 333. The number of carboxylic acids is 1. The van der Waals surface area contributed by atoms with Crippen molar-refractivity contribution in [3.63, 3.8) is 0 Å². The average molecular weight is 197 g/mol. The highest BCUT2D eigenvalue weighted by Crippen LogP contribution is 2.16. The van der Waals surface area contributed by atoms with Gasteiger partial charge in [-0.3, -0.25) is 4.79 Å². The molecule has 0 bridgehead atoms. The van der Waals surface area contributed by atoms with Gasteiger partial charge in [-0.2, -0.15) is 0 Å². The van der Waals surface area contributed by atoms with Gasteiger partial charge in [0.15, 0.2) is 0 Å². The van der Waals surface area contributed by atoms with Crippen LogP contribution in [0.4, 0.5) is 0 Å². The molecule has 0 fully saturated rings. The number of aromatic nitrogens is 2. The molecule has 0 aliphatic heterocycles. The second-order valence-electron chi connectivity index (χ2n) is 3.25. The van der Waals surface area contributed by atoms with Gasteiger partial charge in [0, 0.05) is 12.1 Å². The van der Waals surface area contributed by atoms with E-state index < -0.39 is 12.0 Å². The lowest BCUT2D eigenvalue weighted by atomic mass is 10.1. The van der Waals surface area contributed by atoms with Crippen LogP contribution in [0.15, 0.2) is 0 Å². The number of nitrogens with one attached hydrogen (secondary N) is 1. The number of imidazole rings is 1. The Labute approximate surface area is 82.3 Å². The van der Waals surface area contributed by atoms with E-state index >= 15 is 0 Å². The van der Waals surface area contributed by atoms with Crippen LogP contribution < -0.4 is 5.73 Å². The zero-order chi connectivity index (χ0) is 10.7. The van der Waals surface area contributed by atoms with E-state index in [1.54, 1.807) is 0 Å². The van der Waals surface area contributed by atoms with Crippen molar-refractivity contribution in [1.29, 1.82) is 0 Å².